The van der Waals surface area contributed by atoms with Crippen LogP contribution in [-0.4, -0.2) is 22.9 Å². The molecule has 1 aromatic carbocycles. The molecule has 1 aromatic heterocycles. The van der Waals surface area contributed by atoms with Crippen molar-refractivity contribution in [3.05, 3.63) is 30.6 Å². The topological polar surface area (TPSA) is 47.1 Å². The van der Waals surface area contributed by atoms with Crippen LogP contribution >= 0.6 is 0 Å². The van der Waals surface area contributed by atoms with Gasteiger partial charge in [-0.05, 0) is 37.0 Å². The number of hydrogen-bond acceptors (Lipinski definition) is 3. The standard InChI is InChI=1S/C16H22N4/c1-12-5-7-20(8-6-12)14-3-4-16(17)15(9-14)13-10-18-19(2)11-13/h3-4,9-12H,5-8,17H2,1-2H3. The number of rotatable bonds is 2. The van der Waals surface area contributed by atoms with Crippen LogP contribution in [0.3, 0.4) is 0 Å². The Kier molecular flexibility index (Phi) is 3.38. The molecule has 0 spiro atoms. The zero-order valence-corrected chi connectivity index (χ0v) is 12.2. The summed E-state index contributed by atoms with van der Waals surface area (Å²) in [4.78, 5) is 2.46. The zero-order chi connectivity index (χ0) is 14.1. The fourth-order valence-electron chi connectivity index (χ4n) is 2.82. The third-order valence-corrected chi connectivity index (χ3v) is 4.20. The molecule has 0 radical (unpaired) electrons. The molecule has 0 amide bonds. The van der Waals surface area contributed by atoms with E-state index in [1.807, 2.05) is 30.2 Å². The molecule has 3 rings (SSSR count). The lowest BCUT2D eigenvalue weighted by Crippen LogP contribution is -2.32. The summed E-state index contributed by atoms with van der Waals surface area (Å²) < 4.78 is 1.81. The Labute approximate surface area is 120 Å². The molecule has 1 aliphatic heterocycles. The van der Waals surface area contributed by atoms with Crippen LogP contribution in [-0.2, 0) is 7.05 Å². The Hall–Kier alpha value is -1.97. The maximum atomic E-state index is 6.13. The van der Waals surface area contributed by atoms with Crippen molar-refractivity contribution in [2.75, 3.05) is 23.7 Å². The summed E-state index contributed by atoms with van der Waals surface area (Å²) in [6, 6.07) is 6.34. The number of hydrogen-bond donors (Lipinski definition) is 1. The molecule has 2 aromatic rings. The molecule has 106 valence electrons. The van der Waals surface area contributed by atoms with E-state index in [0.29, 0.717) is 0 Å². The molecule has 2 N–H and O–H groups in total. The van der Waals surface area contributed by atoms with Gasteiger partial charge in [0.15, 0.2) is 0 Å². The van der Waals surface area contributed by atoms with Crippen LogP contribution < -0.4 is 10.6 Å². The van der Waals surface area contributed by atoms with Crippen molar-refractivity contribution in [3.8, 4) is 11.1 Å². The van der Waals surface area contributed by atoms with Crippen molar-refractivity contribution in [2.45, 2.75) is 19.8 Å². The lowest BCUT2D eigenvalue weighted by Gasteiger charge is -2.32. The van der Waals surface area contributed by atoms with Crippen molar-refractivity contribution in [1.82, 2.24) is 9.78 Å². The maximum Gasteiger partial charge on any atom is 0.0568 e. The first kappa shape index (κ1) is 13.0. The predicted molar refractivity (Wildman–Crippen MR) is 83.7 cm³/mol. The van der Waals surface area contributed by atoms with E-state index in [2.05, 4.69) is 29.1 Å². The molecular weight excluding hydrogens is 248 g/mol. The van der Waals surface area contributed by atoms with E-state index in [1.54, 1.807) is 0 Å². The number of anilines is 2. The molecule has 20 heavy (non-hydrogen) atoms. The highest BCUT2D eigenvalue weighted by atomic mass is 15.2. The molecule has 0 saturated carbocycles. The highest BCUT2D eigenvalue weighted by molar-refractivity contribution is 5.79. The number of nitrogens with two attached hydrogens (primary N) is 1. The van der Waals surface area contributed by atoms with Crippen LogP contribution in [0.15, 0.2) is 30.6 Å². The lowest BCUT2D eigenvalue weighted by molar-refractivity contribution is 0.438. The third kappa shape index (κ3) is 2.50. The maximum absolute atomic E-state index is 6.13. The molecule has 1 saturated heterocycles. The number of benzene rings is 1. The summed E-state index contributed by atoms with van der Waals surface area (Å²) in [6.45, 7) is 4.61. The summed E-state index contributed by atoms with van der Waals surface area (Å²) in [5, 5.41) is 4.23. The molecule has 0 bridgehead atoms. The van der Waals surface area contributed by atoms with Crippen molar-refractivity contribution >= 4 is 11.4 Å². The van der Waals surface area contributed by atoms with Gasteiger partial charge in [0.2, 0.25) is 0 Å². The second-order valence-electron chi connectivity index (χ2n) is 5.84. The average Bonchev–Trinajstić information content (AvgIpc) is 2.87. The molecule has 4 nitrogen and oxygen atoms in total. The molecule has 4 heteroatoms. The highest BCUT2D eigenvalue weighted by Gasteiger charge is 2.17. The van der Waals surface area contributed by atoms with Gasteiger partial charge in [-0.15, -0.1) is 0 Å². The Morgan fingerprint density at radius 1 is 1.25 bits per heavy atom. The van der Waals surface area contributed by atoms with E-state index in [1.165, 1.54) is 18.5 Å². The predicted octanol–water partition coefficient (Wildman–Crippen LogP) is 2.91. The van der Waals surface area contributed by atoms with Crippen molar-refractivity contribution in [2.24, 2.45) is 13.0 Å². The van der Waals surface area contributed by atoms with E-state index >= 15 is 0 Å². The largest absolute Gasteiger partial charge is 0.398 e. The van der Waals surface area contributed by atoms with Crippen LogP contribution in [0.2, 0.25) is 0 Å². The third-order valence-electron chi connectivity index (χ3n) is 4.20. The first-order valence-corrected chi connectivity index (χ1v) is 7.27. The summed E-state index contributed by atoms with van der Waals surface area (Å²) in [5.74, 6) is 0.845. The number of nitrogens with zero attached hydrogens (tertiary/aromatic N) is 3. The van der Waals surface area contributed by atoms with Crippen molar-refractivity contribution < 1.29 is 0 Å². The molecule has 1 fully saturated rings. The minimum absolute atomic E-state index is 0.812. The molecule has 2 heterocycles. The second kappa shape index (κ2) is 5.19. The molecule has 0 atom stereocenters. The van der Waals surface area contributed by atoms with E-state index in [9.17, 15) is 0 Å². The van der Waals surface area contributed by atoms with E-state index < -0.39 is 0 Å². The quantitative estimate of drug-likeness (QED) is 0.854. The van der Waals surface area contributed by atoms with Gasteiger partial charge >= 0.3 is 0 Å². The van der Waals surface area contributed by atoms with E-state index in [-0.39, 0.29) is 0 Å². The summed E-state index contributed by atoms with van der Waals surface area (Å²) in [7, 11) is 1.93. The highest BCUT2D eigenvalue weighted by Crippen LogP contribution is 2.31. The fourth-order valence-corrected chi connectivity index (χ4v) is 2.82. The molecule has 1 aliphatic rings. The van der Waals surface area contributed by atoms with Crippen LogP contribution in [0.25, 0.3) is 11.1 Å². The van der Waals surface area contributed by atoms with Gasteiger partial charge in [0.1, 0.15) is 0 Å². The zero-order valence-electron chi connectivity index (χ0n) is 12.2. The smallest absolute Gasteiger partial charge is 0.0568 e. The normalized spacial score (nSPS) is 16.6. The van der Waals surface area contributed by atoms with Crippen LogP contribution in [0, 0.1) is 5.92 Å². The fraction of sp³-hybridized carbons (Fsp3) is 0.438. The molecular formula is C16H22N4. The van der Waals surface area contributed by atoms with Gasteiger partial charge < -0.3 is 10.6 Å². The van der Waals surface area contributed by atoms with Gasteiger partial charge in [-0.3, -0.25) is 4.68 Å². The first-order chi connectivity index (χ1) is 9.63. The van der Waals surface area contributed by atoms with Gasteiger partial charge in [0.05, 0.1) is 6.20 Å². The van der Waals surface area contributed by atoms with Crippen LogP contribution in [0.4, 0.5) is 11.4 Å². The minimum atomic E-state index is 0.812. The van der Waals surface area contributed by atoms with Crippen molar-refractivity contribution in [1.29, 1.82) is 0 Å². The lowest BCUT2D eigenvalue weighted by atomic mass is 9.98. The number of piperidine rings is 1. The summed E-state index contributed by atoms with van der Waals surface area (Å²) >= 11 is 0. The van der Waals surface area contributed by atoms with E-state index in [4.69, 9.17) is 5.73 Å². The first-order valence-electron chi connectivity index (χ1n) is 7.27. The molecule has 0 unspecified atom stereocenters. The van der Waals surface area contributed by atoms with E-state index in [0.717, 1.165) is 35.8 Å². The Balaban J connectivity index is 1.90. The van der Waals surface area contributed by atoms with Gasteiger partial charge in [-0.1, -0.05) is 6.92 Å². The van der Waals surface area contributed by atoms with Gasteiger partial charge in [0.25, 0.3) is 0 Å². The molecule has 0 aliphatic carbocycles. The monoisotopic (exact) mass is 270 g/mol. The number of aromatic nitrogens is 2. The minimum Gasteiger partial charge on any atom is -0.398 e. The van der Waals surface area contributed by atoms with Gasteiger partial charge in [-0.2, -0.15) is 5.10 Å². The Bertz CT molecular complexity index is 594. The van der Waals surface area contributed by atoms with Gasteiger partial charge in [0, 0.05) is 48.8 Å². The Morgan fingerprint density at radius 2 is 2.00 bits per heavy atom. The number of aryl methyl sites for hydroxylation is 1. The van der Waals surface area contributed by atoms with Crippen molar-refractivity contribution in [3.63, 3.8) is 0 Å². The SMILES string of the molecule is CC1CCN(c2ccc(N)c(-c3cnn(C)c3)c2)CC1. The van der Waals surface area contributed by atoms with Crippen LogP contribution in [0.5, 0.6) is 0 Å². The average molecular weight is 270 g/mol. The number of nitrogen functional groups attached to an aromatic ring is 1. The second-order valence-corrected chi connectivity index (χ2v) is 5.84. The van der Waals surface area contributed by atoms with Crippen LogP contribution in [0.1, 0.15) is 19.8 Å². The Morgan fingerprint density at radius 3 is 2.65 bits per heavy atom. The summed E-state index contributed by atoms with van der Waals surface area (Å²) in [5.41, 5.74) is 10.4. The van der Waals surface area contributed by atoms with Gasteiger partial charge in [-0.25, -0.2) is 0 Å². The summed E-state index contributed by atoms with van der Waals surface area (Å²) in [6.07, 6.45) is 6.42.